The first-order valence-electron chi connectivity index (χ1n) is 7.85. The Morgan fingerprint density at radius 3 is 2.76 bits per heavy atom. The van der Waals surface area contributed by atoms with Crippen LogP contribution in [0.25, 0.3) is 0 Å². The van der Waals surface area contributed by atoms with Crippen molar-refractivity contribution in [3.05, 3.63) is 28.2 Å². The Labute approximate surface area is 163 Å². The molecular weight excluding hydrogens is 391 g/mol. The summed E-state index contributed by atoms with van der Waals surface area (Å²) in [5.41, 5.74) is 5.97. The Kier molecular flexibility index (Phi) is 9.86. The number of nitrogens with one attached hydrogen (secondary N) is 1. The summed E-state index contributed by atoms with van der Waals surface area (Å²) in [5.74, 6) is 0.215. The molecule has 0 aromatic heterocycles. The lowest BCUT2D eigenvalue weighted by molar-refractivity contribution is -0.124. The van der Waals surface area contributed by atoms with Crippen LogP contribution in [0.15, 0.2) is 18.2 Å². The zero-order valence-electron chi connectivity index (χ0n) is 13.6. The molecule has 1 aromatic rings. The van der Waals surface area contributed by atoms with Gasteiger partial charge in [-0.2, -0.15) is 0 Å². The van der Waals surface area contributed by atoms with E-state index in [1.165, 1.54) is 0 Å². The molecule has 6 nitrogen and oxygen atoms in total. The van der Waals surface area contributed by atoms with Gasteiger partial charge < -0.3 is 25.6 Å². The van der Waals surface area contributed by atoms with Gasteiger partial charge in [-0.05, 0) is 30.9 Å². The highest BCUT2D eigenvalue weighted by molar-refractivity contribution is 6.42. The van der Waals surface area contributed by atoms with E-state index >= 15 is 0 Å². The van der Waals surface area contributed by atoms with Crippen molar-refractivity contribution in [3.8, 4) is 5.75 Å². The highest BCUT2D eigenvalue weighted by Crippen LogP contribution is 2.31. The molecule has 9 heteroatoms. The number of halogens is 3. The quantitative estimate of drug-likeness (QED) is 0.636. The molecule has 1 amide bonds. The summed E-state index contributed by atoms with van der Waals surface area (Å²) in [6.07, 6.45) is 0.659. The Morgan fingerprint density at radius 2 is 2.08 bits per heavy atom. The van der Waals surface area contributed by atoms with Gasteiger partial charge in [0, 0.05) is 19.8 Å². The van der Waals surface area contributed by atoms with Crippen LogP contribution in [0.2, 0.25) is 10.0 Å². The van der Waals surface area contributed by atoms with E-state index in [0.717, 1.165) is 12.8 Å². The minimum Gasteiger partial charge on any atom is -0.489 e. The van der Waals surface area contributed by atoms with Gasteiger partial charge in [-0.1, -0.05) is 29.3 Å². The number of aliphatic hydroxyl groups is 1. The molecular formula is C16H23Cl3N2O4. The zero-order chi connectivity index (χ0) is 17.5. The third-order valence-corrected chi connectivity index (χ3v) is 4.74. The lowest BCUT2D eigenvalue weighted by atomic mass is 9.92. The number of hydrogen-bond donors (Lipinski definition) is 3. The second kappa shape index (κ2) is 11.1. The van der Waals surface area contributed by atoms with Gasteiger partial charge in [-0.3, -0.25) is 4.79 Å². The second-order valence-corrected chi connectivity index (χ2v) is 6.52. The van der Waals surface area contributed by atoms with Crippen LogP contribution in [-0.4, -0.2) is 49.5 Å². The summed E-state index contributed by atoms with van der Waals surface area (Å²) in [5, 5.41) is 13.2. The zero-order valence-corrected chi connectivity index (χ0v) is 15.9. The van der Waals surface area contributed by atoms with E-state index in [1.807, 2.05) is 0 Å². The number of aliphatic hydroxyl groups excluding tert-OH is 1. The van der Waals surface area contributed by atoms with Crippen molar-refractivity contribution < 1.29 is 19.4 Å². The maximum atomic E-state index is 12.1. The van der Waals surface area contributed by atoms with Crippen molar-refractivity contribution in [2.45, 2.75) is 25.0 Å². The third-order valence-electron chi connectivity index (χ3n) is 3.94. The third kappa shape index (κ3) is 6.81. The first-order valence-corrected chi connectivity index (χ1v) is 8.60. The van der Waals surface area contributed by atoms with E-state index in [-0.39, 0.29) is 42.4 Å². The van der Waals surface area contributed by atoms with E-state index in [2.05, 4.69) is 5.32 Å². The van der Waals surface area contributed by atoms with Gasteiger partial charge in [0.15, 0.2) is 0 Å². The first-order chi connectivity index (χ1) is 11.5. The van der Waals surface area contributed by atoms with Crippen molar-refractivity contribution in [2.75, 3.05) is 26.4 Å². The summed E-state index contributed by atoms with van der Waals surface area (Å²) < 4.78 is 10.7. The van der Waals surface area contributed by atoms with Gasteiger partial charge in [-0.15, -0.1) is 12.4 Å². The summed E-state index contributed by atoms with van der Waals surface area (Å²) >= 11 is 11.9. The number of hydrogen-bond acceptors (Lipinski definition) is 5. The van der Waals surface area contributed by atoms with Crippen LogP contribution < -0.4 is 15.8 Å². The van der Waals surface area contributed by atoms with Crippen LogP contribution >= 0.6 is 35.6 Å². The van der Waals surface area contributed by atoms with Gasteiger partial charge >= 0.3 is 0 Å². The topological polar surface area (TPSA) is 93.8 Å². The molecule has 1 heterocycles. The minimum atomic E-state index is -0.883. The standard InChI is InChI=1S/C16H22Cl2N2O4.ClH/c17-12-2-1-3-13(14(12)18)24-9-11(21)8-20-16(22)15(19)10-4-6-23-7-5-10;/h1-3,10-11,15,21H,4-9,19H2,(H,20,22);1H. The van der Waals surface area contributed by atoms with Crippen molar-refractivity contribution in [2.24, 2.45) is 11.7 Å². The molecule has 1 aliphatic rings. The number of benzene rings is 1. The van der Waals surface area contributed by atoms with E-state index in [9.17, 15) is 9.90 Å². The van der Waals surface area contributed by atoms with Gasteiger partial charge in [0.25, 0.3) is 0 Å². The summed E-state index contributed by atoms with van der Waals surface area (Å²) in [6, 6.07) is 4.40. The monoisotopic (exact) mass is 412 g/mol. The molecule has 0 spiro atoms. The predicted octanol–water partition coefficient (Wildman–Crippen LogP) is 2.03. The Balaban J connectivity index is 0.00000312. The van der Waals surface area contributed by atoms with Gasteiger partial charge in [0.1, 0.15) is 23.5 Å². The lowest BCUT2D eigenvalue weighted by Gasteiger charge is -2.27. The van der Waals surface area contributed by atoms with Gasteiger partial charge in [-0.25, -0.2) is 0 Å². The molecule has 25 heavy (non-hydrogen) atoms. The fraction of sp³-hybridized carbons (Fsp3) is 0.562. The molecule has 4 N–H and O–H groups in total. The maximum absolute atomic E-state index is 12.1. The van der Waals surface area contributed by atoms with Crippen LogP contribution in [-0.2, 0) is 9.53 Å². The van der Waals surface area contributed by atoms with Gasteiger partial charge in [0.2, 0.25) is 5.91 Å². The number of nitrogens with two attached hydrogens (primary N) is 1. The second-order valence-electron chi connectivity index (χ2n) is 5.74. The molecule has 0 aliphatic carbocycles. The van der Waals surface area contributed by atoms with Crippen LogP contribution in [0.3, 0.4) is 0 Å². The molecule has 1 aromatic carbocycles. The molecule has 0 saturated carbocycles. The number of rotatable bonds is 7. The molecule has 2 rings (SSSR count). The SMILES string of the molecule is Cl.NC(C(=O)NCC(O)COc1cccc(Cl)c1Cl)C1CCOCC1. The molecule has 1 fully saturated rings. The number of carbonyl (C=O) groups is 1. The fourth-order valence-corrected chi connectivity index (χ4v) is 2.81. The lowest BCUT2D eigenvalue weighted by Crippen LogP contribution is -2.49. The molecule has 1 saturated heterocycles. The predicted molar refractivity (Wildman–Crippen MR) is 99.7 cm³/mol. The van der Waals surface area contributed by atoms with E-state index < -0.39 is 12.1 Å². The largest absolute Gasteiger partial charge is 0.489 e. The van der Waals surface area contributed by atoms with Crippen molar-refractivity contribution >= 4 is 41.5 Å². The highest BCUT2D eigenvalue weighted by atomic mass is 35.5. The van der Waals surface area contributed by atoms with Crippen LogP contribution in [0.1, 0.15) is 12.8 Å². The molecule has 142 valence electrons. The average molecular weight is 414 g/mol. The Morgan fingerprint density at radius 1 is 1.40 bits per heavy atom. The van der Waals surface area contributed by atoms with Crippen LogP contribution in [0.4, 0.5) is 0 Å². The molecule has 1 aliphatic heterocycles. The fourth-order valence-electron chi connectivity index (χ4n) is 2.47. The summed E-state index contributed by atoms with van der Waals surface area (Å²) in [6.45, 7) is 1.28. The summed E-state index contributed by atoms with van der Waals surface area (Å²) in [4.78, 5) is 12.1. The van der Waals surface area contributed by atoms with E-state index in [0.29, 0.717) is 24.0 Å². The maximum Gasteiger partial charge on any atom is 0.237 e. The summed E-state index contributed by atoms with van der Waals surface area (Å²) in [7, 11) is 0. The van der Waals surface area contributed by atoms with Crippen LogP contribution in [0, 0.1) is 5.92 Å². The first kappa shape index (κ1) is 22.3. The Bertz CT molecular complexity index is 556. The van der Waals surface area contributed by atoms with Crippen molar-refractivity contribution in [1.29, 1.82) is 0 Å². The van der Waals surface area contributed by atoms with Crippen molar-refractivity contribution in [3.63, 3.8) is 0 Å². The molecule has 2 unspecified atom stereocenters. The van der Waals surface area contributed by atoms with Crippen LogP contribution in [0.5, 0.6) is 5.75 Å². The molecule has 0 radical (unpaired) electrons. The molecule has 2 atom stereocenters. The number of amides is 1. The molecule has 0 bridgehead atoms. The van der Waals surface area contributed by atoms with E-state index in [4.69, 9.17) is 38.4 Å². The van der Waals surface area contributed by atoms with Gasteiger partial charge in [0.05, 0.1) is 11.1 Å². The average Bonchev–Trinajstić information content (AvgIpc) is 2.61. The highest BCUT2D eigenvalue weighted by Gasteiger charge is 2.26. The Hall–Kier alpha value is -0.760. The number of ether oxygens (including phenoxy) is 2. The van der Waals surface area contributed by atoms with Crippen molar-refractivity contribution in [1.82, 2.24) is 5.32 Å². The van der Waals surface area contributed by atoms with E-state index in [1.54, 1.807) is 18.2 Å². The number of carbonyl (C=O) groups excluding carboxylic acids is 1. The smallest absolute Gasteiger partial charge is 0.237 e. The normalized spacial score (nSPS) is 17.3. The minimum absolute atomic E-state index is 0.